The van der Waals surface area contributed by atoms with Gasteiger partial charge in [-0.3, -0.25) is 4.90 Å². The summed E-state index contributed by atoms with van der Waals surface area (Å²) in [6.45, 7) is 6.19. The second-order valence-electron chi connectivity index (χ2n) is 5.23. The van der Waals surface area contributed by atoms with Crippen LogP contribution in [-0.4, -0.2) is 24.0 Å². The third-order valence-corrected chi connectivity index (χ3v) is 4.38. The van der Waals surface area contributed by atoms with Crippen LogP contribution in [0.15, 0.2) is 18.2 Å². The maximum atomic E-state index is 6.34. The van der Waals surface area contributed by atoms with Gasteiger partial charge >= 0.3 is 0 Å². The fourth-order valence-corrected chi connectivity index (χ4v) is 3.29. The Hall–Kier alpha value is -0.280. The smallest absolute Gasteiger partial charge is 0.0455 e. The first kappa shape index (κ1) is 14.1. The molecule has 1 saturated heterocycles. The topological polar surface area (TPSA) is 29.3 Å². The van der Waals surface area contributed by atoms with Crippen molar-refractivity contribution < 1.29 is 0 Å². The van der Waals surface area contributed by atoms with Gasteiger partial charge in [-0.25, -0.2) is 0 Å². The standard InChI is InChI=1S/C14H20Cl2N2/c1-9(2)18-6-5-10(8-17)14(18)12-7-11(15)3-4-13(12)16/h3-4,7,9-10,14H,5-6,8,17H2,1-2H3. The first-order chi connectivity index (χ1) is 8.54. The van der Waals surface area contributed by atoms with Crippen LogP contribution in [0.4, 0.5) is 0 Å². The van der Waals surface area contributed by atoms with Crippen molar-refractivity contribution in [3.8, 4) is 0 Å². The molecule has 4 heteroatoms. The molecule has 1 aromatic rings. The molecule has 18 heavy (non-hydrogen) atoms. The number of halogens is 2. The van der Waals surface area contributed by atoms with Crippen LogP contribution in [0.2, 0.25) is 10.0 Å². The number of nitrogens with zero attached hydrogens (tertiary/aromatic N) is 1. The van der Waals surface area contributed by atoms with Gasteiger partial charge in [0, 0.05) is 22.1 Å². The van der Waals surface area contributed by atoms with Crippen LogP contribution in [0, 0.1) is 5.92 Å². The van der Waals surface area contributed by atoms with Gasteiger partial charge in [-0.2, -0.15) is 0 Å². The van der Waals surface area contributed by atoms with Crippen molar-refractivity contribution in [3.05, 3.63) is 33.8 Å². The normalized spacial score (nSPS) is 25.0. The predicted molar refractivity (Wildman–Crippen MR) is 78.2 cm³/mol. The average molecular weight is 287 g/mol. The molecular weight excluding hydrogens is 267 g/mol. The Kier molecular flexibility index (Phi) is 4.54. The van der Waals surface area contributed by atoms with Gasteiger partial charge in [-0.15, -0.1) is 0 Å². The maximum absolute atomic E-state index is 6.34. The van der Waals surface area contributed by atoms with Crippen LogP contribution in [-0.2, 0) is 0 Å². The molecule has 1 aliphatic heterocycles. The summed E-state index contributed by atoms with van der Waals surface area (Å²) in [4.78, 5) is 2.47. The Morgan fingerprint density at radius 2 is 2.11 bits per heavy atom. The predicted octanol–water partition coefficient (Wildman–Crippen LogP) is 3.72. The van der Waals surface area contributed by atoms with E-state index in [-0.39, 0.29) is 0 Å². The summed E-state index contributed by atoms with van der Waals surface area (Å²) < 4.78 is 0. The minimum Gasteiger partial charge on any atom is -0.330 e. The molecule has 100 valence electrons. The molecule has 0 saturated carbocycles. The lowest BCUT2D eigenvalue weighted by Gasteiger charge is -2.32. The zero-order valence-corrected chi connectivity index (χ0v) is 12.4. The number of likely N-dealkylation sites (tertiary alicyclic amines) is 1. The van der Waals surface area contributed by atoms with Crippen molar-refractivity contribution in [2.45, 2.75) is 32.4 Å². The van der Waals surface area contributed by atoms with Crippen molar-refractivity contribution in [3.63, 3.8) is 0 Å². The molecule has 0 aliphatic carbocycles. The fraction of sp³-hybridized carbons (Fsp3) is 0.571. The van der Waals surface area contributed by atoms with E-state index in [2.05, 4.69) is 18.7 Å². The van der Waals surface area contributed by atoms with Gasteiger partial charge in [0.15, 0.2) is 0 Å². The molecule has 2 atom stereocenters. The largest absolute Gasteiger partial charge is 0.330 e. The van der Waals surface area contributed by atoms with Gasteiger partial charge in [-0.05, 0) is 63.0 Å². The summed E-state index contributed by atoms with van der Waals surface area (Å²) >= 11 is 12.4. The number of rotatable bonds is 3. The number of hydrogen-bond acceptors (Lipinski definition) is 2. The lowest BCUT2D eigenvalue weighted by Crippen LogP contribution is -2.33. The molecule has 0 bridgehead atoms. The van der Waals surface area contributed by atoms with Crippen molar-refractivity contribution in [2.75, 3.05) is 13.1 Å². The minimum absolute atomic E-state index is 0.293. The zero-order valence-electron chi connectivity index (χ0n) is 10.9. The highest BCUT2D eigenvalue weighted by Crippen LogP contribution is 2.41. The minimum atomic E-state index is 0.293. The van der Waals surface area contributed by atoms with Gasteiger partial charge < -0.3 is 5.73 Å². The highest BCUT2D eigenvalue weighted by molar-refractivity contribution is 6.33. The van der Waals surface area contributed by atoms with Gasteiger partial charge in [0.2, 0.25) is 0 Å². The Balaban J connectivity index is 2.40. The number of nitrogens with two attached hydrogens (primary N) is 1. The molecule has 1 aliphatic rings. The molecule has 0 aromatic heterocycles. The van der Waals surface area contributed by atoms with Crippen molar-refractivity contribution in [1.82, 2.24) is 4.90 Å². The van der Waals surface area contributed by atoms with Gasteiger partial charge in [0.1, 0.15) is 0 Å². The molecule has 2 N–H and O–H groups in total. The molecule has 0 radical (unpaired) electrons. The monoisotopic (exact) mass is 286 g/mol. The maximum Gasteiger partial charge on any atom is 0.0455 e. The van der Waals surface area contributed by atoms with Crippen molar-refractivity contribution >= 4 is 23.2 Å². The summed E-state index contributed by atoms with van der Waals surface area (Å²) in [5, 5.41) is 1.52. The van der Waals surface area contributed by atoms with Gasteiger partial charge in [0.25, 0.3) is 0 Å². The number of benzene rings is 1. The molecule has 0 spiro atoms. The Morgan fingerprint density at radius 3 is 2.72 bits per heavy atom. The van der Waals surface area contributed by atoms with E-state index in [1.54, 1.807) is 0 Å². The SMILES string of the molecule is CC(C)N1CCC(CN)C1c1cc(Cl)ccc1Cl. The first-order valence-electron chi connectivity index (χ1n) is 6.45. The van der Waals surface area contributed by atoms with Gasteiger partial charge in [0.05, 0.1) is 0 Å². The summed E-state index contributed by atoms with van der Waals surface area (Å²) in [7, 11) is 0. The molecule has 2 rings (SSSR count). The lowest BCUT2D eigenvalue weighted by atomic mass is 9.93. The third kappa shape index (κ3) is 2.67. The molecule has 1 fully saturated rings. The van der Waals surface area contributed by atoms with E-state index in [0.717, 1.165) is 28.6 Å². The summed E-state index contributed by atoms with van der Waals surface area (Å²) in [5.41, 5.74) is 7.03. The van der Waals surface area contributed by atoms with E-state index in [1.807, 2.05) is 18.2 Å². The van der Waals surface area contributed by atoms with Crippen LogP contribution in [0.25, 0.3) is 0 Å². The lowest BCUT2D eigenvalue weighted by molar-refractivity contribution is 0.185. The van der Waals surface area contributed by atoms with Crippen LogP contribution in [0.3, 0.4) is 0 Å². The van der Waals surface area contributed by atoms with Crippen LogP contribution < -0.4 is 5.73 Å². The van der Waals surface area contributed by atoms with E-state index < -0.39 is 0 Å². The van der Waals surface area contributed by atoms with Crippen LogP contribution >= 0.6 is 23.2 Å². The highest BCUT2D eigenvalue weighted by atomic mass is 35.5. The van der Waals surface area contributed by atoms with Crippen LogP contribution in [0.1, 0.15) is 31.9 Å². The van der Waals surface area contributed by atoms with Crippen molar-refractivity contribution in [2.24, 2.45) is 11.7 Å². The Labute approximate surface area is 119 Å². The first-order valence-corrected chi connectivity index (χ1v) is 7.21. The fourth-order valence-electron chi connectivity index (χ4n) is 2.88. The van der Waals surface area contributed by atoms with E-state index in [9.17, 15) is 0 Å². The highest BCUT2D eigenvalue weighted by Gasteiger charge is 2.36. The zero-order chi connectivity index (χ0) is 13.3. The summed E-state index contributed by atoms with van der Waals surface area (Å²) in [5.74, 6) is 0.461. The quantitative estimate of drug-likeness (QED) is 0.918. The second kappa shape index (κ2) is 5.79. The second-order valence-corrected chi connectivity index (χ2v) is 6.07. The van der Waals surface area contributed by atoms with E-state index in [4.69, 9.17) is 28.9 Å². The Morgan fingerprint density at radius 1 is 1.39 bits per heavy atom. The molecular formula is C14H20Cl2N2. The van der Waals surface area contributed by atoms with Gasteiger partial charge in [-0.1, -0.05) is 23.2 Å². The summed E-state index contributed by atoms with van der Waals surface area (Å²) in [6, 6.07) is 6.48. The molecule has 1 heterocycles. The average Bonchev–Trinajstić information content (AvgIpc) is 2.75. The van der Waals surface area contributed by atoms with Crippen LogP contribution in [0.5, 0.6) is 0 Å². The van der Waals surface area contributed by atoms with Crippen molar-refractivity contribution in [1.29, 1.82) is 0 Å². The van der Waals surface area contributed by atoms with E-state index in [1.165, 1.54) is 0 Å². The summed E-state index contributed by atoms with van der Waals surface area (Å²) in [6.07, 6.45) is 1.13. The Bertz CT molecular complexity index is 420. The third-order valence-electron chi connectivity index (χ3n) is 3.80. The number of hydrogen-bond donors (Lipinski definition) is 1. The molecule has 2 nitrogen and oxygen atoms in total. The molecule has 0 amide bonds. The van der Waals surface area contributed by atoms with E-state index >= 15 is 0 Å². The molecule has 2 unspecified atom stereocenters. The molecule has 1 aromatic carbocycles. The van der Waals surface area contributed by atoms with E-state index in [0.29, 0.717) is 24.5 Å².